The van der Waals surface area contributed by atoms with Crippen LogP contribution in [0.3, 0.4) is 0 Å². The van der Waals surface area contributed by atoms with Gasteiger partial charge in [-0.25, -0.2) is 0 Å². The third kappa shape index (κ3) is 7.38. The Morgan fingerprint density at radius 2 is 1.38 bits per heavy atom. The minimum Gasteiger partial charge on any atom is -0.465 e. The van der Waals surface area contributed by atoms with Gasteiger partial charge < -0.3 is 18.9 Å². The monoisotopic (exact) mass is 455 g/mol. The minimum absolute atomic E-state index is 0.227. The molecule has 0 aromatic carbocycles. The summed E-state index contributed by atoms with van der Waals surface area (Å²) >= 11 is 0. The zero-order valence-electron chi connectivity index (χ0n) is 20.8. The van der Waals surface area contributed by atoms with E-state index in [1.807, 2.05) is 0 Å². The second kappa shape index (κ2) is 10.1. The van der Waals surface area contributed by atoms with Crippen LogP contribution in [0.1, 0.15) is 69.2 Å². The summed E-state index contributed by atoms with van der Waals surface area (Å²) in [6.45, 7) is 16.8. The second-order valence-electron chi connectivity index (χ2n) is 11.2. The topological polar surface area (TPSA) is 137 Å². The van der Waals surface area contributed by atoms with E-state index in [0.717, 1.165) is 0 Å². The molecule has 1 saturated heterocycles. The molecule has 0 bridgehead atoms. The predicted octanol–water partition coefficient (Wildman–Crippen LogP) is 4.16. The Bertz CT molecular complexity index is 755. The molecule has 1 fully saturated rings. The fraction of sp³-hybridized carbons (Fsp3) is 0.864. The van der Waals surface area contributed by atoms with Crippen LogP contribution in [0, 0.1) is 22.2 Å². The van der Waals surface area contributed by atoms with Gasteiger partial charge in [0.15, 0.2) is 6.10 Å². The van der Waals surface area contributed by atoms with Crippen molar-refractivity contribution >= 4 is 17.9 Å². The molecule has 32 heavy (non-hydrogen) atoms. The average Bonchev–Trinajstić information content (AvgIpc) is 2.91. The van der Waals surface area contributed by atoms with Crippen LogP contribution >= 0.6 is 0 Å². The number of hydrogen-bond acceptors (Lipinski definition) is 8. The van der Waals surface area contributed by atoms with E-state index in [-0.39, 0.29) is 6.61 Å². The van der Waals surface area contributed by atoms with Crippen molar-refractivity contribution in [1.29, 1.82) is 0 Å². The number of esters is 3. The Hall–Kier alpha value is -2.32. The van der Waals surface area contributed by atoms with Crippen molar-refractivity contribution in [2.75, 3.05) is 6.61 Å². The second-order valence-corrected chi connectivity index (χ2v) is 11.2. The lowest BCUT2D eigenvalue weighted by atomic mass is 9.93. The van der Waals surface area contributed by atoms with Crippen molar-refractivity contribution in [2.24, 2.45) is 27.3 Å². The highest BCUT2D eigenvalue weighted by molar-refractivity contribution is 5.77. The first-order valence-corrected chi connectivity index (χ1v) is 10.7. The fourth-order valence-corrected chi connectivity index (χ4v) is 2.71. The van der Waals surface area contributed by atoms with Gasteiger partial charge in [0.1, 0.15) is 6.61 Å². The molecule has 0 radical (unpaired) electrons. The molecule has 0 amide bonds. The van der Waals surface area contributed by atoms with Gasteiger partial charge in [-0.2, -0.15) is 0 Å². The Morgan fingerprint density at radius 1 is 0.906 bits per heavy atom. The molecule has 0 aromatic rings. The third-order valence-corrected chi connectivity index (χ3v) is 4.86. The molecule has 1 aliphatic heterocycles. The molecular weight excluding hydrogens is 418 g/mol. The van der Waals surface area contributed by atoms with Gasteiger partial charge in [-0.15, -0.1) is 0 Å². The fourth-order valence-electron chi connectivity index (χ4n) is 2.71. The Morgan fingerprint density at radius 3 is 1.81 bits per heavy atom. The SMILES string of the molecule is C[C@H]1[C@H]([C@@H](COC(=O)C(C)(C)C)N=[N+]=[N-])O[C@@H](OC(=O)C(C)(C)C)[C@@H]1OC(=O)C(C)(C)C. The zero-order valence-corrected chi connectivity index (χ0v) is 20.8. The maximum Gasteiger partial charge on any atom is 0.313 e. The Balaban J connectivity index is 3.17. The molecule has 0 unspecified atom stereocenters. The van der Waals surface area contributed by atoms with Crippen LogP contribution in [0.4, 0.5) is 0 Å². The van der Waals surface area contributed by atoms with E-state index in [9.17, 15) is 14.4 Å². The molecular formula is C22H37N3O7. The summed E-state index contributed by atoms with van der Waals surface area (Å²) in [7, 11) is 0. The highest BCUT2D eigenvalue weighted by atomic mass is 16.7. The van der Waals surface area contributed by atoms with Gasteiger partial charge in [-0.05, 0) is 67.8 Å². The first kappa shape index (κ1) is 27.7. The van der Waals surface area contributed by atoms with Crippen LogP contribution in [-0.4, -0.2) is 49.1 Å². The third-order valence-electron chi connectivity index (χ3n) is 4.86. The summed E-state index contributed by atoms with van der Waals surface area (Å²) in [6, 6.07) is -0.907. The van der Waals surface area contributed by atoms with Gasteiger partial charge >= 0.3 is 17.9 Å². The van der Waals surface area contributed by atoms with E-state index >= 15 is 0 Å². The molecule has 1 aliphatic rings. The van der Waals surface area contributed by atoms with Gasteiger partial charge in [0.2, 0.25) is 6.29 Å². The summed E-state index contributed by atoms with van der Waals surface area (Å²) in [5.41, 5.74) is 6.70. The average molecular weight is 456 g/mol. The number of carbonyl (C=O) groups excluding carboxylic acids is 3. The lowest BCUT2D eigenvalue weighted by Crippen LogP contribution is -2.40. The predicted molar refractivity (Wildman–Crippen MR) is 116 cm³/mol. The van der Waals surface area contributed by atoms with Crippen molar-refractivity contribution in [3.05, 3.63) is 10.4 Å². The molecule has 0 aliphatic carbocycles. The van der Waals surface area contributed by atoms with E-state index in [2.05, 4.69) is 10.0 Å². The van der Waals surface area contributed by atoms with E-state index in [1.54, 1.807) is 69.2 Å². The van der Waals surface area contributed by atoms with Crippen LogP contribution in [-0.2, 0) is 33.3 Å². The molecule has 0 spiro atoms. The van der Waals surface area contributed by atoms with E-state index < -0.39 is 64.6 Å². The van der Waals surface area contributed by atoms with Crippen molar-refractivity contribution in [2.45, 2.75) is 93.8 Å². The zero-order chi connectivity index (χ0) is 25.1. The Kier molecular flexibility index (Phi) is 8.73. The molecule has 5 atom stereocenters. The van der Waals surface area contributed by atoms with Crippen LogP contribution in [0.5, 0.6) is 0 Å². The molecule has 0 saturated carbocycles. The van der Waals surface area contributed by atoms with Gasteiger partial charge in [-0.1, -0.05) is 12.0 Å². The summed E-state index contributed by atoms with van der Waals surface area (Å²) < 4.78 is 22.4. The van der Waals surface area contributed by atoms with Crippen LogP contribution < -0.4 is 0 Å². The van der Waals surface area contributed by atoms with E-state index in [4.69, 9.17) is 24.5 Å². The summed E-state index contributed by atoms with van der Waals surface area (Å²) in [5, 5.41) is 3.73. The standard InChI is InChI=1S/C22H37N3O7/c1-12-14(13(24-25-23)11-29-17(26)20(2,3)4)30-16(32-19(28)22(8,9)10)15(12)31-18(27)21(5,6)7/h12-16H,11H2,1-10H3/t12-,13+,14+,15+,16-/m0/s1. The molecule has 182 valence electrons. The number of azide groups is 1. The Labute approximate surface area is 189 Å². The summed E-state index contributed by atoms with van der Waals surface area (Å²) in [4.78, 5) is 40.1. The maximum absolute atomic E-state index is 12.6. The number of ether oxygens (including phenoxy) is 4. The number of nitrogens with zero attached hydrogens (tertiary/aromatic N) is 3. The first-order chi connectivity index (χ1) is 14.4. The van der Waals surface area contributed by atoms with Gasteiger partial charge in [0.05, 0.1) is 28.4 Å². The van der Waals surface area contributed by atoms with Crippen molar-refractivity contribution in [1.82, 2.24) is 0 Å². The molecule has 0 aromatic heterocycles. The van der Waals surface area contributed by atoms with Crippen molar-refractivity contribution in [3.63, 3.8) is 0 Å². The van der Waals surface area contributed by atoms with Crippen LogP contribution in [0.25, 0.3) is 10.4 Å². The summed E-state index contributed by atoms with van der Waals surface area (Å²) in [5.74, 6) is -2.00. The van der Waals surface area contributed by atoms with Gasteiger partial charge in [0.25, 0.3) is 0 Å². The van der Waals surface area contributed by atoms with E-state index in [0.29, 0.717) is 0 Å². The maximum atomic E-state index is 12.6. The first-order valence-electron chi connectivity index (χ1n) is 10.7. The lowest BCUT2D eigenvalue weighted by Gasteiger charge is -2.27. The molecule has 1 rings (SSSR count). The number of carbonyl (C=O) groups is 3. The van der Waals surface area contributed by atoms with Crippen LogP contribution in [0.15, 0.2) is 5.11 Å². The molecule has 10 nitrogen and oxygen atoms in total. The van der Waals surface area contributed by atoms with Gasteiger partial charge in [-0.3, -0.25) is 14.4 Å². The van der Waals surface area contributed by atoms with E-state index in [1.165, 1.54) is 0 Å². The highest BCUT2D eigenvalue weighted by Gasteiger charge is 2.51. The normalized spacial score (nSPS) is 24.8. The molecule has 10 heteroatoms. The number of hydrogen-bond donors (Lipinski definition) is 0. The summed E-state index contributed by atoms with van der Waals surface area (Å²) in [6.07, 6.45) is -2.93. The quantitative estimate of drug-likeness (QED) is 0.193. The van der Waals surface area contributed by atoms with Gasteiger partial charge in [0, 0.05) is 10.8 Å². The smallest absolute Gasteiger partial charge is 0.313 e. The molecule has 1 heterocycles. The minimum atomic E-state index is -1.19. The van der Waals surface area contributed by atoms with Crippen molar-refractivity contribution in [3.8, 4) is 0 Å². The largest absolute Gasteiger partial charge is 0.465 e. The highest BCUT2D eigenvalue weighted by Crippen LogP contribution is 2.36. The van der Waals surface area contributed by atoms with Crippen molar-refractivity contribution < 1.29 is 33.3 Å². The molecule has 0 N–H and O–H groups in total. The lowest BCUT2D eigenvalue weighted by molar-refractivity contribution is -0.206. The number of rotatable bonds is 6. The van der Waals surface area contributed by atoms with Crippen LogP contribution in [0.2, 0.25) is 0 Å².